The molecule has 0 fully saturated rings. The molecule has 0 saturated carbocycles. The van der Waals surface area contributed by atoms with Crippen molar-refractivity contribution in [3.05, 3.63) is 71.0 Å². The second-order valence-electron chi connectivity index (χ2n) is 4.88. The van der Waals surface area contributed by atoms with Gasteiger partial charge in [0.15, 0.2) is 11.6 Å². The van der Waals surface area contributed by atoms with Crippen LogP contribution in [0.25, 0.3) is 0 Å². The number of ether oxygens (including phenoxy) is 2. The van der Waals surface area contributed by atoms with Gasteiger partial charge < -0.3 is 14.8 Å². The van der Waals surface area contributed by atoms with Crippen LogP contribution in [0.4, 0.5) is 10.1 Å². The van der Waals surface area contributed by atoms with E-state index in [-0.39, 0.29) is 23.6 Å². The number of benzene rings is 2. The number of hydrogen-bond acceptors (Lipinski definition) is 4. The third-order valence-electron chi connectivity index (χ3n) is 3.28. The molecule has 0 aliphatic rings. The number of halogens is 2. The molecule has 1 N–H and O–H groups in total. The molecule has 5 nitrogen and oxygen atoms in total. The summed E-state index contributed by atoms with van der Waals surface area (Å²) < 4.78 is 24.2. The second-order valence-corrected chi connectivity index (χ2v) is 5.29. The molecule has 7 heteroatoms. The minimum absolute atomic E-state index is 0.0488. The highest BCUT2D eigenvalue weighted by Gasteiger charge is 2.16. The molecule has 0 radical (unpaired) electrons. The first-order chi connectivity index (χ1) is 12.0. The molecule has 2 rings (SSSR count). The summed E-state index contributed by atoms with van der Waals surface area (Å²) in [5, 5.41) is 2.74. The third kappa shape index (κ3) is 4.58. The Kier molecular flexibility index (Phi) is 6.14. The molecule has 0 aliphatic carbocycles. The van der Waals surface area contributed by atoms with Crippen molar-refractivity contribution in [2.75, 3.05) is 12.4 Å². The number of carbonyl (C=O) groups excluding carboxylic acids is 2. The van der Waals surface area contributed by atoms with Crippen LogP contribution in [0.2, 0.25) is 5.02 Å². The Bertz CT molecular complexity index is 823. The van der Waals surface area contributed by atoms with Gasteiger partial charge in [-0.1, -0.05) is 24.2 Å². The number of carbonyl (C=O) groups is 2. The number of esters is 1. The summed E-state index contributed by atoms with van der Waals surface area (Å²) >= 11 is 6.10. The molecule has 1 amide bonds. The highest BCUT2D eigenvalue weighted by atomic mass is 35.5. The van der Waals surface area contributed by atoms with Gasteiger partial charge in [-0.3, -0.25) is 4.79 Å². The van der Waals surface area contributed by atoms with Gasteiger partial charge in [-0.05, 0) is 30.3 Å². The van der Waals surface area contributed by atoms with Gasteiger partial charge in [0.1, 0.15) is 6.61 Å². The summed E-state index contributed by atoms with van der Waals surface area (Å²) in [6, 6.07) is 8.70. The summed E-state index contributed by atoms with van der Waals surface area (Å²) in [6.07, 6.45) is 1.08. The van der Waals surface area contributed by atoms with Gasteiger partial charge >= 0.3 is 5.97 Å². The van der Waals surface area contributed by atoms with E-state index in [0.29, 0.717) is 10.6 Å². The molecule has 25 heavy (non-hydrogen) atoms. The van der Waals surface area contributed by atoms with Crippen LogP contribution >= 0.6 is 11.6 Å². The van der Waals surface area contributed by atoms with Crippen molar-refractivity contribution in [1.82, 2.24) is 0 Å². The van der Waals surface area contributed by atoms with Crippen molar-refractivity contribution in [3.63, 3.8) is 0 Å². The molecular weight excluding hydrogens is 349 g/mol. The lowest BCUT2D eigenvalue weighted by Crippen LogP contribution is -2.09. The molecule has 2 aromatic rings. The Hall–Kier alpha value is -2.86. The molecule has 0 aromatic heterocycles. The molecule has 0 bridgehead atoms. The summed E-state index contributed by atoms with van der Waals surface area (Å²) in [5.41, 5.74) is 0.896. The highest BCUT2D eigenvalue weighted by molar-refractivity contribution is 6.31. The quantitative estimate of drug-likeness (QED) is 0.623. The Morgan fingerprint density at radius 2 is 2.08 bits per heavy atom. The number of hydrogen-bond donors (Lipinski definition) is 1. The fourth-order valence-electron chi connectivity index (χ4n) is 2.05. The van der Waals surface area contributed by atoms with E-state index in [1.165, 1.54) is 19.2 Å². The molecule has 130 valence electrons. The fourth-order valence-corrected chi connectivity index (χ4v) is 2.27. The standard InChI is InChI=1S/C18H15ClFNO4/c1-3-17(22)21-11-7-8-16(15(20)9-11)25-10-13-12(18(23)24-2)5-4-6-14(13)19/h3-9H,1,10H2,2H3,(H,21,22). The number of amides is 1. The fraction of sp³-hybridized carbons (Fsp3) is 0.111. The van der Waals surface area contributed by atoms with Gasteiger partial charge in [0, 0.05) is 22.3 Å². The number of nitrogens with one attached hydrogen (secondary N) is 1. The molecule has 0 spiro atoms. The first-order valence-corrected chi connectivity index (χ1v) is 7.55. The molecule has 0 heterocycles. The van der Waals surface area contributed by atoms with E-state index in [4.69, 9.17) is 21.1 Å². The van der Waals surface area contributed by atoms with E-state index >= 15 is 0 Å². The maximum atomic E-state index is 14.1. The lowest BCUT2D eigenvalue weighted by molar-refractivity contribution is -0.111. The lowest BCUT2D eigenvalue weighted by atomic mass is 10.1. The van der Waals surface area contributed by atoms with Gasteiger partial charge in [0.05, 0.1) is 12.7 Å². The van der Waals surface area contributed by atoms with Crippen molar-refractivity contribution in [2.24, 2.45) is 0 Å². The van der Waals surface area contributed by atoms with Crippen LogP contribution in [0.3, 0.4) is 0 Å². The Morgan fingerprint density at radius 1 is 1.32 bits per heavy atom. The van der Waals surface area contributed by atoms with Crippen LogP contribution in [-0.2, 0) is 16.1 Å². The van der Waals surface area contributed by atoms with Gasteiger partial charge in [-0.15, -0.1) is 0 Å². The summed E-state index contributed by atoms with van der Waals surface area (Å²) in [5.74, 6) is -1.74. The Balaban J connectivity index is 2.18. The molecule has 0 unspecified atom stereocenters. The monoisotopic (exact) mass is 363 g/mol. The van der Waals surface area contributed by atoms with Crippen molar-refractivity contribution >= 4 is 29.2 Å². The summed E-state index contributed by atoms with van der Waals surface area (Å²) in [4.78, 5) is 23.0. The summed E-state index contributed by atoms with van der Waals surface area (Å²) in [7, 11) is 1.25. The minimum Gasteiger partial charge on any atom is -0.486 e. The van der Waals surface area contributed by atoms with Crippen molar-refractivity contribution < 1.29 is 23.5 Å². The van der Waals surface area contributed by atoms with Gasteiger partial charge in [0.25, 0.3) is 0 Å². The van der Waals surface area contributed by atoms with Crippen LogP contribution in [0, 0.1) is 5.82 Å². The average Bonchev–Trinajstić information content (AvgIpc) is 2.61. The average molecular weight is 364 g/mol. The van der Waals surface area contributed by atoms with E-state index in [9.17, 15) is 14.0 Å². The lowest BCUT2D eigenvalue weighted by Gasteiger charge is -2.12. The SMILES string of the molecule is C=CC(=O)Nc1ccc(OCc2c(Cl)cccc2C(=O)OC)c(F)c1. The van der Waals surface area contributed by atoms with E-state index in [2.05, 4.69) is 11.9 Å². The van der Waals surface area contributed by atoms with Crippen LogP contribution in [-0.4, -0.2) is 19.0 Å². The number of rotatable bonds is 6. The predicted octanol–water partition coefficient (Wildman–Crippen LogP) is 3.97. The van der Waals surface area contributed by atoms with Crippen LogP contribution < -0.4 is 10.1 Å². The normalized spacial score (nSPS) is 10.0. The topological polar surface area (TPSA) is 64.6 Å². The molecular formula is C18H15ClFNO4. The smallest absolute Gasteiger partial charge is 0.338 e. The molecule has 0 saturated heterocycles. The third-order valence-corrected chi connectivity index (χ3v) is 3.64. The van der Waals surface area contributed by atoms with E-state index in [1.54, 1.807) is 18.2 Å². The maximum Gasteiger partial charge on any atom is 0.338 e. The predicted molar refractivity (Wildman–Crippen MR) is 92.4 cm³/mol. The first-order valence-electron chi connectivity index (χ1n) is 7.17. The van der Waals surface area contributed by atoms with E-state index in [0.717, 1.165) is 12.1 Å². The maximum absolute atomic E-state index is 14.1. The highest BCUT2D eigenvalue weighted by Crippen LogP contribution is 2.26. The Labute approximate surface area is 149 Å². The van der Waals surface area contributed by atoms with Crippen LogP contribution in [0.1, 0.15) is 15.9 Å². The van der Waals surface area contributed by atoms with E-state index < -0.39 is 17.7 Å². The Morgan fingerprint density at radius 3 is 2.72 bits per heavy atom. The van der Waals surface area contributed by atoms with Gasteiger partial charge in [-0.25, -0.2) is 9.18 Å². The zero-order valence-corrected chi connectivity index (χ0v) is 14.1. The first kappa shape index (κ1) is 18.5. The van der Waals surface area contributed by atoms with Crippen LogP contribution in [0.5, 0.6) is 5.75 Å². The number of methoxy groups -OCH3 is 1. The zero-order chi connectivity index (χ0) is 18.4. The van der Waals surface area contributed by atoms with Crippen LogP contribution in [0.15, 0.2) is 49.1 Å². The van der Waals surface area contributed by atoms with Gasteiger partial charge in [-0.2, -0.15) is 0 Å². The second kappa shape index (κ2) is 8.30. The van der Waals surface area contributed by atoms with E-state index in [1.807, 2.05) is 0 Å². The van der Waals surface area contributed by atoms with Crippen molar-refractivity contribution in [1.29, 1.82) is 0 Å². The van der Waals surface area contributed by atoms with Crippen molar-refractivity contribution in [2.45, 2.75) is 6.61 Å². The van der Waals surface area contributed by atoms with Gasteiger partial charge in [0.2, 0.25) is 5.91 Å². The van der Waals surface area contributed by atoms with Crippen molar-refractivity contribution in [3.8, 4) is 5.75 Å². The molecule has 0 aliphatic heterocycles. The molecule has 2 aromatic carbocycles. The summed E-state index contributed by atoms with van der Waals surface area (Å²) in [6.45, 7) is 3.19. The number of anilines is 1. The largest absolute Gasteiger partial charge is 0.486 e. The molecule has 0 atom stereocenters. The zero-order valence-electron chi connectivity index (χ0n) is 13.3. The minimum atomic E-state index is -0.673.